The van der Waals surface area contributed by atoms with E-state index in [1.165, 1.54) is 23.9 Å². The second-order valence-electron chi connectivity index (χ2n) is 9.22. The molecule has 2 N–H and O–H groups in total. The molecule has 1 aliphatic heterocycles. The lowest BCUT2D eigenvalue weighted by molar-refractivity contribution is 0.0669. The Kier molecular flexibility index (Phi) is 5.89. The van der Waals surface area contributed by atoms with Crippen LogP contribution in [0.25, 0.3) is 0 Å². The van der Waals surface area contributed by atoms with Gasteiger partial charge in [-0.1, -0.05) is 12.8 Å². The van der Waals surface area contributed by atoms with Gasteiger partial charge in [-0.2, -0.15) is 5.10 Å². The van der Waals surface area contributed by atoms with Crippen LogP contribution in [-0.4, -0.2) is 50.1 Å². The van der Waals surface area contributed by atoms with Gasteiger partial charge in [0.1, 0.15) is 18.0 Å². The van der Waals surface area contributed by atoms with Crippen molar-refractivity contribution in [3.8, 4) is 0 Å². The van der Waals surface area contributed by atoms with E-state index in [9.17, 15) is 9.90 Å². The summed E-state index contributed by atoms with van der Waals surface area (Å²) in [6.45, 7) is 1.69. The third-order valence-electron chi connectivity index (χ3n) is 6.94. The SMILES string of the molecule is O=c1ccc(N2CCCCC2CNc2cc(C3CC3)ncn2)nn1C1CCCCC1O. The van der Waals surface area contributed by atoms with E-state index < -0.39 is 6.10 Å². The first-order valence-electron chi connectivity index (χ1n) is 11.8. The summed E-state index contributed by atoms with van der Waals surface area (Å²) in [6, 6.07) is 5.58. The highest BCUT2D eigenvalue weighted by atomic mass is 16.3. The van der Waals surface area contributed by atoms with Gasteiger partial charge >= 0.3 is 0 Å². The predicted octanol–water partition coefficient (Wildman–Crippen LogP) is 2.86. The van der Waals surface area contributed by atoms with Gasteiger partial charge in [0.15, 0.2) is 0 Å². The fraction of sp³-hybridized carbons (Fsp3) is 0.652. The van der Waals surface area contributed by atoms with Crippen molar-refractivity contribution in [2.24, 2.45) is 0 Å². The molecule has 3 heterocycles. The van der Waals surface area contributed by atoms with Crippen LogP contribution >= 0.6 is 0 Å². The number of anilines is 2. The van der Waals surface area contributed by atoms with Crippen LogP contribution in [0.1, 0.15) is 75.4 Å². The maximum absolute atomic E-state index is 12.5. The minimum Gasteiger partial charge on any atom is -0.391 e. The van der Waals surface area contributed by atoms with Crippen molar-refractivity contribution in [2.45, 2.75) is 81.9 Å². The molecule has 31 heavy (non-hydrogen) atoms. The maximum Gasteiger partial charge on any atom is 0.267 e. The second-order valence-corrected chi connectivity index (χ2v) is 9.22. The molecule has 2 aliphatic carbocycles. The van der Waals surface area contributed by atoms with Crippen molar-refractivity contribution >= 4 is 11.6 Å². The van der Waals surface area contributed by atoms with Crippen molar-refractivity contribution in [1.29, 1.82) is 0 Å². The molecule has 166 valence electrons. The number of aliphatic hydroxyl groups excluding tert-OH is 1. The van der Waals surface area contributed by atoms with E-state index in [1.807, 2.05) is 6.07 Å². The van der Waals surface area contributed by atoms with Crippen LogP contribution in [0.4, 0.5) is 11.6 Å². The third-order valence-corrected chi connectivity index (χ3v) is 6.94. The van der Waals surface area contributed by atoms with E-state index in [2.05, 4.69) is 26.3 Å². The van der Waals surface area contributed by atoms with Crippen molar-refractivity contribution in [1.82, 2.24) is 19.7 Å². The van der Waals surface area contributed by atoms with Crippen LogP contribution in [0.3, 0.4) is 0 Å². The molecule has 3 atom stereocenters. The molecule has 3 fully saturated rings. The van der Waals surface area contributed by atoms with Gasteiger partial charge in [-0.05, 0) is 51.0 Å². The molecule has 0 spiro atoms. The van der Waals surface area contributed by atoms with Gasteiger partial charge in [0.2, 0.25) is 0 Å². The van der Waals surface area contributed by atoms with Gasteiger partial charge in [-0.25, -0.2) is 14.6 Å². The van der Waals surface area contributed by atoms with Gasteiger partial charge in [0, 0.05) is 42.9 Å². The van der Waals surface area contributed by atoms with Gasteiger partial charge in [-0.3, -0.25) is 4.79 Å². The maximum atomic E-state index is 12.5. The highest BCUT2D eigenvalue weighted by Gasteiger charge is 2.29. The number of nitrogens with one attached hydrogen (secondary N) is 1. The first kappa shape index (κ1) is 20.4. The lowest BCUT2D eigenvalue weighted by atomic mass is 9.93. The second kappa shape index (κ2) is 8.94. The molecule has 5 rings (SSSR count). The highest BCUT2D eigenvalue weighted by molar-refractivity contribution is 5.42. The molecule has 0 amide bonds. The molecule has 1 saturated heterocycles. The molecule has 2 aromatic rings. The van der Waals surface area contributed by atoms with Crippen LogP contribution < -0.4 is 15.8 Å². The zero-order valence-corrected chi connectivity index (χ0v) is 18.0. The van der Waals surface area contributed by atoms with E-state index >= 15 is 0 Å². The normalized spacial score (nSPS) is 26.6. The number of rotatable bonds is 6. The number of nitrogens with zero attached hydrogens (tertiary/aromatic N) is 5. The van der Waals surface area contributed by atoms with E-state index in [0.717, 1.165) is 68.9 Å². The summed E-state index contributed by atoms with van der Waals surface area (Å²) >= 11 is 0. The Balaban J connectivity index is 1.32. The predicted molar refractivity (Wildman–Crippen MR) is 119 cm³/mol. The molecule has 0 bridgehead atoms. The molecule has 2 aromatic heterocycles. The quantitative estimate of drug-likeness (QED) is 0.736. The largest absolute Gasteiger partial charge is 0.391 e. The van der Waals surface area contributed by atoms with Gasteiger partial charge in [0.05, 0.1) is 12.1 Å². The van der Waals surface area contributed by atoms with Crippen LogP contribution in [0.15, 0.2) is 29.3 Å². The van der Waals surface area contributed by atoms with Gasteiger partial charge in [0.25, 0.3) is 5.56 Å². The molecule has 8 heteroatoms. The summed E-state index contributed by atoms with van der Waals surface area (Å²) in [5, 5.41) is 18.7. The molecule has 0 radical (unpaired) electrons. The molecule has 8 nitrogen and oxygen atoms in total. The highest BCUT2D eigenvalue weighted by Crippen LogP contribution is 2.39. The first-order valence-corrected chi connectivity index (χ1v) is 11.8. The van der Waals surface area contributed by atoms with Crippen molar-refractivity contribution in [2.75, 3.05) is 23.3 Å². The number of hydrogen-bond donors (Lipinski definition) is 2. The van der Waals surface area contributed by atoms with Gasteiger partial charge in [-0.15, -0.1) is 0 Å². The van der Waals surface area contributed by atoms with E-state index in [0.29, 0.717) is 5.92 Å². The Bertz CT molecular complexity index is 959. The first-order chi connectivity index (χ1) is 15.2. The third kappa shape index (κ3) is 4.59. The lowest BCUT2D eigenvalue weighted by Gasteiger charge is -2.37. The Morgan fingerprint density at radius 3 is 2.71 bits per heavy atom. The number of hydrogen-bond acceptors (Lipinski definition) is 7. The Labute approximate surface area is 182 Å². The molecular formula is C23H32N6O2. The smallest absolute Gasteiger partial charge is 0.267 e. The van der Waals surface area contributed by atoms with Crippen molar-refractivity contribution in [3.05, 3.63) is 40.6 Å². The summed E-state index contributed by atoms with van der Waals surface area (Å²) < 4.78 is 1.53. The monoisotopic (exact) mass is 424 g/mol. The van der Waals surface area contributed by atoms with E-state index in [-0.39, 0.29) is 17.6 Å². The topological polar surface area (TPSA) is 96.2 Å². The minimum atomic E-state index is -0.494. The number of piperidine rings is 1. The average molecular weight is 425 g/mol. The number of aromatic nitrogens is 4. The fourth-order valence-corrected chi connectivity index (χ4v) is 4.99. The van der Waals surface area contributed by atoms with Gasteiger partial charge < -0.3 is 15.3 Å². The average Bonchev–Trinajstić information content (AvgIpc) is 3.65. The summed E-state index contributed by atoms with van der Waals surface area (Å²) in [5.74, 6) is 2.31. The summed E-state index contributed by atoms with van der Waals surface area (Å²) in [6.07, 6.45) is 10.6. The Morgan fingerprint density at radius 2 is 1.87 bits per heavy atom. The Morgan fingerprint density at radius 1 is 1.03 bits per heavy atom. The summed E-state index contributed by atoms with van der Waals surface area (Å²) in [5.41, 5.74) is 1.01. The fourth-order valence-electron chi connectivity index (χ4n) is 4.99. The Hall–Kier alpha value is -2.48. The molecule has 0 aromatic carbocycles. The molecule has 2 saturated carbocycles. The zero-order valence-electron chi connectivity index (χ0n) is 18.0. The molecule has 3 aliphatic rings. The van der Waals surface area contributed by atoms with Crippen LogP contribution in [0.5, 0.6) is 0 Å². The van der Waals surface area contributed by atoms with Crippen LogP contribution in [0.2, 0.25) is 0 Å². The van der Waals surface area contributed by atoms with E-state index in [4.69, 9.17) is 5.10 Å². The summed E-state index contributed by atoms with van der Waals surface area (Å²) in [7, 11) is 0. The minimum absolute atomic E-state index is 0.130. The number of aliphatic hydroxyl groups is 1. The zero-order chi connectivity index (χ0) is 21.2. The van der Waals surface area contributed by atoms with Crippen LogP contribution in [0, 0.1) is 0 Å². The van der Waals surface area contributed by atoms with Crippen molar-refractivity contribution in [3.63, 3.8) is 0 Å². The summed E-state index contributed by atoms with van der Waals surface area (Å²) in [4.78, 5) is 23.6. The van der Waals surface area contributed by atoms with Crippen molar-refractivity contribution < 1.29 is 5.11 Å². The lowest BCUT2D eigenvalue weighted by Crippen LogP contribution is -2.45. The standard InChI is InChI=1S/C23H32N6O2/c30-20-7-2-1-6-19(20)29-23(31)11-10-22(27-29)28-12-4-3-5-17(28)14-24-21-13-18(16-8-9-16)25-15-26-21/h10-11,13,15-17,19-20,30H,1-9,12,14H2,(H,24,25,26). The molecule has 3 unspecified atom stereocenters. The van der Waals surface area contributed by atoms with Crippen LogP contribution in [-0.2, 0) is 0 Å². The molecular weight excluding hydrogens is 392 g/mol. The van der Waals surface area contributed by atoms with E-state index in [1.54, 1.807) is 12.4 Å².